The van der Waals surface area contributed by atoms with Crippen molar-refractivity contribution >= 4 is 38.6 Å². The number of thiophene rings is 1. The summed E-state index contributed by atoms with van der Waals surface area (Å²) in [4.78, 5) is 15.4. The molecule has 0 unspecified atom stereocenters. The van der Waals surface area contributed by atoms with Crippen molar-refractivity contribution < 1.29 is 9.45 Å². The quantitative estimate of drug-likeness (QED) is 0.429. The minimum Gasteiger partial charge on any atom is -0.398 e. The number of aromatic nitrogens is 2. The smallest absolute Gasteiger partial charge is 0.270 e. The number of nitro benzene ring substituents is 1. The molecule has 0 spiro atoms. The van der Waals surface area contributed by atoms with E-state index in [0.717, 1.165) is 8.66 Å². The van der Waals surface area contributed by atoms with E-state index in [4.69, 9.17) is 10.3 Å². The van der Waals surface area contributed by atoms with Gasteiger partial charge in [0, 0.05) is 17.8 Å². The van der Waals surface area contributed by atoms with E-state index in [-0.39, 0.29) is 11.6 Å². The summed E-state index contributed by atoms with van der Waals surface area (Å²) in [5, 5.41) is 14.7. The maximum Gasteiger partial charge on any atom is 0.270 e. The highest BCUT2D eigenvalue weighted by Crippen LogP contribution is 2.33. The molecule has 0 saturated carbocycles. The van der Waals surface area contributed by atoms with Crippen molar-refractivity contribution in [1.29, 1.82) is 0 Å². The number of nitrogens with zero attached hydrogens (tertiary/aromatic N) is 3. The van der Waals surface area contributed by atoms with Crippen LogP contribution in [-0.2, 0) is 0 Å². The van der Waals surface area contributed by atoms with Crippen LogP contribution in [0.15, 0.2) is 38.6 Å². The molecule has 0 radical (unpaired) electrons. The average molecular weight is 367 g/mol. The zero-order chi connectivity index (χ0) is 15.0. The normalized spacial score (nSPS) is 10.7. The first-order valence-electron chi connectivity index (χ1n) is 5.68. The standard InChI is InChI=1S/C12H7BrN4O3S/c13-10-4-3-9(21-10)11-15-12(20-16-11)7-5-6(17(18)19)1-2-8(7)14/h1-5H,14H2. The second-order valence-corrected chi connectivity index (χ2v) is 6.52. The first-order valence-corrected chi connectivity index (χ1v) is 7.29. The minimum absolute atomic E-state index is 0.0854. The molecule has 0 aliphatic carbocycles. The highest BCUT2D eigenvalue weighted by molar-refractivity contribution is 9.11. The fourth-order valence-electron chi connectivity index (χ4n) is 1.71. The second kappa shape index (κ2) is 5.26. The summed E-state index contributed by atoms with van der Waals surface area (Å²) in [6, 6.07) is 7.81. The van der Waals surface area contributed by atoms with Gasteiger partial charge in [0.2, 0.25) is 5.82 Å². The molecule has 2 heterocycles. The number of nitrogens with two attached hydrogens (primary N) is 1. The number of hydrogen-bond donors (Lipinski definition) is 1. The highest BCUT2D eigenvalue weighted by atomic mass is 79.9. The monoisotopic (exact) mass is 366 g/mol. The third-order valence-corrected chi connectivity index (χ3v) is 4.32. The van der Waals surface area contributed by atoms with Crippen LogP contribution < -0.4 is 5.73 Å². The Morgan fingerprint density at radius 2 is 2.14 bits per heavy atom. The van der Waals surface area contributed by atoms with Crippen LogP contribution >= 0.6 is 27.3 Å². The summed E-state index contributed by atoms with van der Waals surface area (Å²) in [6.45, 7) is 0. The fraction of sp³-hybridized carbons (Fsp3) is 0. The highest BCUT2D eigenvalue weighted by Gasteiger charge is 2.17. The number of hydrogen-bond acceptors (Lipinski definition) is 7. The molecule has 7 nitrogen and oxygen atoms in total. The van der Waals surface area contributed by atoms with Gasteiger partial charge in [0.05, 0.1) is 19.2 Å². The lowest BCUT2D eigenvalue weighted by Crippen LogP contribution is -1.94. The molecule has 106 valence electrons. The van der Waals surface area contributed by atoms with Crippen LogP contribution in [0.4, 0.5) is 11.4 Å². The van der Waals surface area contributed by atoms with E-state index < -0.39 is 4.92 Å². The molecule has 3 aromatic rings. The third-order valence-electron chi connectivity index (χ3n) is 2.70. The lowest BCUT2D eigenvalue weighted by molar-refractivity contribution is -0.384. The molecular weight excluding hydrogens is 360 g/mol. The van der Waals surface area contributed by atoms with E-state index in [1.165, 1.54) is 29.5 Å². The maximum absolute atomic E-state index is 10.8. The maximum atomic E-state index is 10.8. The topological polar surface area (TPSA) is 108 Å². The molecule has 2 N–H and O–H groups in total. The molecule has 9 heteroatoms. The van der Waals surface area contributed by atoms with Crippen molar-refractivity contribution in [2.45, 2.75) is 0 Å². The molecule has 0 amide bonds. The number of anilines is 1. The van der Waals surface area contributed by atoms with Crippen LogP contribution in [0.1, 0.15) is 0 Å². The van der Waals surface area contributed by atoms with Gasteiger partial charge >= 0.3 is 0 Å². The Balaban J connectivity index is 2.03. The molecular formula is C12H7BrN4O3S. The Hall–Kier alpha value is -2.26. The van der Waals surface area contributed by atoms with E-state index in [0.29, 0.717) is 17.1 Å². The number of halogens is 1. The summed E-state index contributed by atoms with van der Waals surface area (Å²) < 4.78 is 6.10. The fourth-order valence-corrected chi connectivity index (χ4v) is 3.02. The van der Waals surface area contributed by atoms with Crippen LogP contribution in [0.25, 0.3) is 22.2 Å². The number of non-ortho nitro benzene ring substituents is 1. The predicted octanol–water partition coefficient (Wildman–Crippen LogP) is 3.72. The zero-order valence-electron chi connectivity index (χ0n) is 10.3. The third kappa shape index (κ3) is 2.65. The van der Waals surface area contributed by atoms with Gasteiger partial charge in [-0.25, -0.2) is 0 Å². The Morgan fingerprint density at radius 3 is 2.81 bits per heavy atom. The van der Waals surface area contributed by atoms with Gasteiger partial charge in [-0.1, -0.05) is 5.16 Å². The first-order chi connectivity index (χ1) is 10.0. The van der Waals surface area contributed by atoms with Gasteiger partial charge < -0.3 is 10.3 Å². The average Bonchev–Trinajstić information content (AvgIpc) is 3.07. The number of nitrogen functional groups attached to an aromatic ring is 1. The minimum atomic E-state index is -0.503. The predicted molar refractivity (Wildman–Crippen MR) is 81.8 cm³/mol. The van der Waals surface area contributed by atoms with Crippen LogP contribution in [0.5, 0.6) is 0 Å². The summed E-state index contributed by atoms with van der Waals surface area (Å²) in [7, 11) is 0. The molecule has 0 atom stereocenters. The summed E-state index contributed by atoms with van der Waals surface area (Å²) >= 11 is 4.81. The van der Waals surface area contributed by atoms with Crippen molar-refractivity contribution in [2.24, 2.45) is 0 Å². The Labute approximate surface area is 130 Å². The molecule has 1 aromatic carbocycles. The van der Waals surface area contributed by atoms with E-state index >= 15 is 0 Å². The lowest BCUT2D eigenvalue weighted by Gasteiger charge is -1.99. The molecule has 0 fully saturated rings. The SMILES string of the molecule is Nc1ccc([N+](=O)[O-])cc1-c1nc(-c2ccc(Br)s2)no1. The van der Waals surface area contributed by atoms with Crippen molar-refractivity contribution in [2.75, 3.05) is 5.73 Å². The van der Waals surface area contributed by atoms with E-state index in [1.807, 2.05) is 12.1 Å². The van der Waals surface area contributed by atoms with E-state index in [1.54, 1.807) is 0 Å². The summed E-state index contributed by atoms with van der Waals surface area (Å²) in [5.41, 5.74) is 6.42. The molecule has 21 heavy (non-hydrogen) atoms. The van der Waals surface area contributed by atoms with Crippen molar-refractivity contribution in [1.82, 2.24) is 10.1 Å². The second-order valence-electron chi connectivity index (χ2n) is 4.06. The van der Waals surface area contributed by atoms with E-state index in [2.05, 4.69) is 26.1 Å². The van der Waals surface area contributed by atoms with Crippen LogP contribution in [0.3, 0.4) is 0 Å². The zero-order valence-corrected chi connectivity index (χ0v) is 12.7. The number of benzene rings is 1. The molecule has 0 bridgehead atoms. The molecule has 0 aliphatic rings. The molecule has 0 aliphatic heterocycles. The van der Waals surface area contributed by atoms with Crippen LogP contribution in [0.2, 0.25) is 0 Å². The first kappa shape index (κ1) is 13.7. The van der Waals surface area contributed by atoms with Crippen molar-refractivity contribution in [3.63, 3.8) is 0 Å². The lowest BCUT2D eigenvalue weighted by atomic mass is 10.1. The van der Waals surface area contributed by atoms with Crippen LogP contribution in [-0.4, -0.2) is 15.1 Å². The molecule has 2 aromatic heterocycles. The van der Waals surface area contributed by atoms with Crippen molar-refractivity contribution in [3.8, 4) is 22.2 Å². The number of rotatable bonds is 3. The summed E-state index contributed by atoms with van der Waals surface area (Å²) in [5.74, 6) is 0.558. The number of nitro groups is 1. The Morgan fingerprint density at radius 1 is 1.33 bits per heavy atom. The Bertz CT molecular complexity index is 830. The molecule has 3 rings (SSSR count). The Kier molecular flexibility index (Phi) is 3.43. The van der Waals surface area contributed by atoms with Gasteiger partial charge in [-0.3, -0.25) is 10.1 Å². The summed E-state index contributed by atoms with van der Waals surface area (Å²) in [6.07, 6.45) is 0. The van der Waals surface area contributed by atoms with Gasteiger partial charge in [0.1, 0.15) is 0 Å². The van der Waals surface area contributed by atoms with Gasteiger partial charge in [0.25, 0.3) is 11.6 Å². The van der Waals surface area contributed by atoms with Gasteiger partial charge in [0.15, 0.2) is 0 Å². The van der Waals surface area contributed by atoms with Crippen LogP contribution in [0, 0.1) is 10.1 Å². The van der Waals surface area contributed by atoms with Gasteiger partial charge in [-0.2, -0.15) is 4.98 Å². The van der Waals surface area contributed by atoms with Gasteiger partial charge in [-0.15, -0.1) is 11.3 Å². The largest absolute Gasteiger partial charge is 0.398 e. The van der Waals surface area contributed by atoms with E-state index in [9.17, 15) is 10.1 Å². The van der Waals surface area contributed by atoms with Crippen molar-refractivity contribution in [3.05, 3.63) is 44.2 Å². The molecule has 0 saturated heterocycles. The van der Waals surface area contributed by atoms with Gasteiger partial charge in [-0.05, 0) is 34.1 Å².